The molecule has 1 aromatic carbocycles. The molecule has 1 amide bonds. The van der Waals surface area contributed by atoms with Crippen LogP contribution in [0.1, 0.15) is 12.8 Å². The number of ether oxygens (including phenoxy) is 2. The molecule has 0 unspecified atom stereocenters. The molecule has 0 aromatic heterocycles. The summed E-state index contributed by atoms with van der Waals surface area (Å²) in [5.41, 5.74) is 1.14. The van der Waals surface area contributed by atoms with Gasteiger partial charge in [-0.2, -0.15) is 0 Å². The summed E-state index contributed by atoms with van der Waals surface area (Å²) in [4.78, 5) is 27.4. The van der Waals surface area contributed by atoms with E-state index in [1.165, 1.54) is 7.11 Å². The molecule has 138 valence electrons. The van der Waals surface area contributed by atoms with Crippen molar-refractivity contribution >= 4 is 17.6 Å². The predicted octanol–water partition coefficient (Wildman–Crippen LogP) is 0.887. The zero-order valence-corrected chi connectivity index (χ0v) is 15.0. The Labute approximate surface area is 148 Å². The van der Waals surface area contributed by atoms with Crippen LogP contribution in [0.2, 0.25) is 0 Å². The topological polar surface area (TPSA) is 71.1 Å². The van der Waals surface area contributed by atoms with Crippen molar-refractivity contribution in [3.8, 4) is 5.75 Å². The third kappa shape index (κ3) is 6.26. The van der Waals surface area contributed by atoms with Crippen molar-refractivity contribution in [3.63, 3.8) is 0 Å². The van der Waals surface area contributed by atoms with Gasteiger partial charge in [-0.15, -0.1) is 0 Å². The van der Waals surface area contributed by atoms with Gasteiger partial charge in [0.1, 0.15) is 5.75 Å². The largest absolute Gasteiger partial charge is 0.497 e. The number of nitrogens with zero attached hydrogens (tertiary/aromatic N) is 2. The van der Waals surface area contributed by atoms with Gasteiger partial charge in [0.25, 0.3) is 0 Å². The molecule has 1 N–H and O–H groups in total. The first-order valence-electron chi connectivity index (χ1n) is 8.57. The number of carbonyl (C=O) groups excluding carboxylic acids is 2. The second-order valence-electron chi connectivity index (χ2n) is 5.99. The number of methoxy groups -OCH3 is 2. The second-order valence-corrected chi connectivity index (χ2v) is 5.99. The summed E-state index contributed by atoms with van der Waals surface area (Å²) in [5, 5.41) is 2.85. The van der Waals surface area contributed by atoms with E-state index < -0.39 is 0 Å². The maximum Gasteiger partial charge on any atom is 0.305 e. The Kier molecular flexibility index (Phi) is 7.53. The lowest BCUT2D eigenvalue weighted by molar-refractivity contribution is -0.140. The summed E-state index contributed by atoms with van der Waals surface area (Å²) in [7, 11) is 3.03. The average molecular weight is 349 g/mol. The van der Waals surface area contributed by atoms with Gasteiger partial charge in [-0.1, -0.05) is 6.07 Å². The van der Waals surface area contributed by atoms with Crippen LogP contribution in [0.25, 0.3) is 0 Å². The van der Waals surface area contributed by atoms with Crippen molar-refractivity contribution < 1.29 is 19.1 Å². The van der Waals surface area contributed by atoms with E-state index >= 15 is 0 Å². The molecule has 1 heterocycles. The summed E-state index contributed by atoms with van der Waals surface area (Å²) in [6, 6.07) is 8.03. The molecule has 7 nitrogen and oxygen atoms in total. The summed E-state index contributed by atoms with van der Waals surface area (Å²) in [6.07, 6.45) is 0.929. The Balaban J connectivity index is 1.67. The number of piperazine rings is 1. The molecule has 0 radical (unpaired) electrons. The van der Waals surface area contributed by atoms with E-state index in [-0.39, 0.29) is 11.9 Å². The highest BCUT2D eigenvalue weighted by Gasteiger charge is 2.19. The van der Waals surface area contributed by atoms with Crippen molar-refractivity contribution in [2.24, 2.45) is 0 Å². The SMILES string of the molecule is COC(=O)CCCNC(=O)CN1CCN(c2cccc(OC)c2)CC1. The minimum absolute atomic E-state index is 0.000281. The number of hydrogen-bond donors (Lipinski definition) is 1. The predicted molar refractivity (Wildman–Crippen MR) is 95.9 cm³/mol. The van der Waals surface area contributed by atoms with Gasteiger partial charge < -0.3 is 19.7 Å². The highest BCUT2D eigenvalue weighted by molar-refractivity contribution is 5.78. The smallest absolute Gasteiger partial charge is 0.305 e. The summed E-state index contributed by atoms with van der Waals surface area (Å²) >= 11 is 0. The minimum atomic E-state index is -0.247. The Morgan fingerprint density at radius 3 is 2.60 bits per heavy atom. The van der Waals surface area contributed by atoms with E-state index in [0.29, 0.717) is 25.9 Å². The Bertz CT molecular complexity index is 571. The molecule has 0 atom stereocenters. The molecule has 0 saturated carbocycles. The maximum absolute atomic E-state index is 12.0. The summed E-state index contributed by atoms with van der Waals surface area (Å²) < 4.78 is 9.84. The van der Waals surface area contributed by atoms with Gasteiger partial charge in [0.15, 0.2) is 0 Å². The van der Waals surface area contributed by atoms with Crippen LogP contribution < -0.4 is 15.0 Å². The van der Waals surface area contributed by atoms with Crippen LogP contribution in [0.3, 0.4) is 0 Å². The van der Waals surface area contributed by atoms with Crippen LogP contribution >= 0.6 is 0 Å². The van der Waals surface area contributed by atoms with E-state index in [2.05, 4.69) is 25.9 Å². The lowest BCUT2D eigenvalue weighted by Crippen LogP contribution is -2.49. The highest BCUT2D eigenvalue weighted by atomic mass is 16.5. The van der Waals surface area contributed by atoms with E-state index in [1.54, 1.807) is 7.11 Å². The normalized spacial score (nSPS) is 14.9. The van der Waals surface area contributed by atoms with Crippen molar-refractivity contribution in [2.45, 2.75) is 12.8 Å². The van der Waals surface area contributed by atoms with Gasteiger partial charge in [0.05, 0.1) is 20.8 Å². The number of rotatable bonds is 8. The molecule has 1 aliphatic rings. The van der Waals surface area contributed by atoms with Crippen LogP contribution in [-0.4, -0.2) is 70.3 Å². The van der Waals surface area contributed by atoms with Crippen LogP contribution in [0.4, 0.5) is 5.69 Å². The number of amides is 1. The number of anilines is 1. The molecule has 1 saturated heterocycles. The van der Waals surface area contributed by atoms with Crippen LogP contribution in [0.15, 0.2) is 24.3 Å². The number of hydrogen-bond acceptors (Lipinski definition) is 6. The molecule has 1 aromatic rings. The average Bonchev–Trinajstić information content (AvgIpc) is 2.65. The quantitative estimate of drug-likeness (QED) is 0.555. The fourth-order valence-corrected chi connectivity index (χ4v) is 2.79. The maximum atomic E-state index is 12.0. The van der Waals surface area contributed by atoms with E-state index in [9.17, 15) is 9.59 Å². The molecule has 25 heavy (non-hydrogen) atoms. The molecule has 0 aliphatic carbocycles. The lowest BCUT2D eigenvalue weighted by Gasteiger charge is -2.35. The molecule has 0 spiro atoms. The number of carbonyl (C=O) groups is 2. The highest BCUT2D eigenvalue weighted by Crippen LogP contribution is 2.21. The molecular formula is C18H27N3O4. The van der Waals surface area contributed by atoms with Crippen molar-refractivity contribution in [2.75, 3.05) is 58.4 Å². The first kappa shape index (κ1) is 19.1. The van der Waals surface area contributed by atoms with Gasteiger partial charge in [-0.3, -0.25) is 14.5 Å². The van der Waals surface area contributed by atoms with Crippen molar-refractivity contribution in [1.29, 1.82) is 0 Å². The van der Waals surface area contributed by atoms with Gasteiger partial charge in [0.2, 0.25) is 5.91 Å². The number of benzene rings is 1. The minimum Gasteiger partial charge on any atom is -0.497 e. The van der Waals surface area contributed by atoms with Gasteiger partial charge in [0, 0.05) is 50.9 Å². The van der Waals surface area contributed by atoms with E-state index in [1.807, 2.05) is 18.2 Å². The van der Waals surface area contributed by atoms with Gasteiger partial charge in [-0.05, 0) is 18.6 Å². The van der Waals surface area contributed by atoms with E-state index in [0.717, 1.165) is 37.6 Å². The zero-order valence-electron chi connectivity index (χ0n) is 15.0. The fourth-order valence-electron chi connectivity index (χ4n) is 2.79. The summed E-state index contributed by atoms with van der Waals surface area (Å²) in [5.74, 6) is 0.605. The Morgan fingerprint density at radius 1 is 1.16 bits per heavy atom. The van der Waals surface area contributed by atoms with Crippen molar-refractivity contribution in [1.82, 2.24) is 10.2 Å². The molecule has 2 rings (SSSR count). The van der Waals surface area contributed by atoms with Gasteiger partial charge >= 0.3 is 5.97 Å². The fraction of sp³-hybridized carbons (Fsp3) is 0.556. The third-order valence-corrected chi connectivity index (χ3v) is 4.27. The molecular weight excluding hydrogens is 322 g/mol. The number of esters is 1. The van der Waals surface area contributed by atoms with Crippen molar-refractivity contribution in [3.05, 3.63) is 24.3 Å². The monoisotopic (exact) mass is 349 g/mol. The molecule has 0 bridgehead atoms. The Hall–Kier alpha value is -2.28. The third-order valence-electron chi connectivity index (χ3n) is 4.27. The number of nitrogens with one attached hydrogen (secondary N) is 1. The molecule has 1 fully saturated rings. The van der Waals surface area contributed by atoms with Gasteiger partial charge in [-0.25, -0.2) is 0 Å². The zero-order chi connectivity index (χ0) is 18.1. The Morgan fingerprint density at radius 2 is 1.92 bits per heavy atom. The van der Waals surface area contributed by atoms with Crippen LogP contribution in [0.5, 0.6) is 5.75 Å². The molecule has 1 aliphatic heterocycles. The van der Waals surface area contributed by atoms with Crippen LogP contribution in [0, 0.1) is 0 Å². The first-order valence-corrected chi connectivity index (χ1v) is 8.57. The summed E-state index contributed by atoms with van der Waals surface area (Å²) in [6.45, 7) is 4.33. The first-order chi connectivity index (χ1) is 12.1. The lowest BCUT2D eigenvalue weighted by atomic mass is 10.2. The second kappa shape index (κ2) is 9.88. The standard InChI is InChI=1S/C18H27N3O4/c1-24-16-6-3-5-15(13-16)21-11-9-20(10-12-21)14-17(22)19-8-4-7-18(23)25-2/h3,5-6,13H,4,7-12,14H2,1-2H3,(H,19,22). The molecule has 7 heteroatoms. The van der Waals surface area contributed by atoms with Crippen LogP contribution in [-0.2, 0) is 14.3 Å². The van der Waals surface area contributed by atoms with E-state index in [4.69, 9.17) is 4.74 Å².